The molecule has 4 rings (SSSR count). The minimum Gasteiger partial charge on any atom is -0.489 e. The molecule has 0 saturated carbocycles. The minimum absolute atomic E-state index is 0.00122. The Hall–Kier alpha value is -2.33. The van der Waals surface area contributed by atoms with Crippen LogP contribution in [0.2, 0.25) is 5.02 Å². The highest BCUT2D eigenvalue weighted by atomic mass is 35.5. The quantitative estimate of drug-likeness (QED) is 0.692. The van der Waals surface area contributed by atoms with Gasteiger partial charge in [-0.3, -0.25) is 9.36 Å². The average Bonchev–Trinajstić information content (AvgIpc) is 2.90. The molecule has 0 spiro atoms. The largest absolute Gasteiger partial charge is 0.489 e. The fourth-order valence-electron chi connectivity index (χ4n) is 2.94. The molecule has 0 saturated heterocycles. The molecule has 0 N–H and O–H groups in total. The lowest BCUT2D eigenvalue weighted by Crippen LogP contribution is -2.22. The lowest BCUT2D eigenvalue weighted by atomic mass is 10.1. The van der Waals surface area contributed by atoms with Crippen molar-refractivity contribution in [1.82, 2.24) is 9.55 Å². The third-order valence-electron chi connectivity index (χ3n) is 3.86. The van der Waals surface area contributed by atoms with E-state index in [2.05, 4.69) is 4.98 Å². The van der Waals surface area contributed by atoms with Gasteiger partial charge in [-0.25, -0.2) is 4.98 Å². The van der Waals surface area contributed by atoms with Gasteiger partial charge in [0.25, 0.3) is 5.56 Å². The number of hydrogen-bond acceptors (Lipinski definition) is 3. The molecule has 3 heterocycles. The van der Waals surface area contributed by atoms with Crippen LogP contribution in [0.3, 0.4) is 0 Å². The molecule has 110 valence electrons. The first-order chi connectivity index (χ1) is 10.6. The molecule has 1 aliphatic rings. The number of benzene rings is 1. The van der Waals surface area contributed by atoms with Crippen LogP contribution in [0, 0.1) is 0 Å². The summed E-state index contributed by atoms with van der Waals surface area (Å²) in [6.07, 6.45) is 2.29. The maximum Gasteiger partial charge on any atom is 0.263 e. The van der Waals surface area contributed by atoms with Crippen molar-refractivity contribution in [3.05, 3.63) is 63.5 Å². The van der Waals surface area contributed by atoms with Gasteiger partial charge in [0, 0.05) is 17.6 Å². The molecule has 1 aliphatic heterocycles. The molecular formula is C17H13ClN2O2. The van der Waals surface area contributed by atoms with Crippen LogP contribution in [0.15, 0.2) is 47.4 Å². The fraction of sp³-hybridized carbons (Fsp3) is 0.176. The van der Waals surface area contributed by atoms with Crippen molar-refractivity contribution in [2.45, 2.75) is 19.4 Å². The Bertz CT molecular complexity index is 949. The van der Waals surface area contributed by atoms with Gasteiger partial charge in [0.15, 0.2) is 5.65 Å². The number of halogens is 1. The Morgan fingerprint density at radius 1 is 1.32 bits per heavy atom. The van der Waals surface area contributed by atoms with E-state index >= 15 is 0 Å². The van der Waals surface area contributed by atoms with Gasteiger partial charge in [-0.15, -0.1) is 0 Å². The van der Waals surface area contributed by atoms with E-state index < -0.39 is 0 Å². The van der Waals surface area contributed by atoms with E-state index in [1.807, 2.05) is 31.2 Å². The summed E-state index contributed by atoms with van der Waals surface area (Å²) in [7, 11) is 0. The van der Waals surface area contributed by atoms with E-state index in [1.165, 1.54) is 0 Å². The summed E-state index contributed by atoms with van der Waals surface area (Å²) in [6, 6.07) is 11.0. The van der Waals surface area contributed by atoms with Crippen LogP contribution < -0.4 is 10.3 Å². The smallest absolute Gasteiger partial charge is 0.263 e. The number of hydrogen-bond donors (Lipinski definition) is 0. The molecule has 22 heavy (non-hydrogen) atoms. The monoisotopic (exact) mass is 312 g/mol. The lowest BCUT2D eigenvalue weighted by molar-refractivity contribution is 0.257. The Morgan fingerprint density at radius 2 is 2.18 bits per heavy atom. The van der Waals surface area contributed by atoms with E-state index in [0.717, 1.165) is 5.39 Å². The van der Waals surface area contributed by atoms with Gasteiger partial charge in [-0.2, -0.15) is 0 Å². The van der Waals surface area contributed by atoms with Crippen molar-refractivity contribution in [2.75, 3.05) is 0 Å². The summed E-state index contributed by atoms with van der Waals surface area (Å²) in [5, 5.41) is 1.43. The number of pyridine rings is 2. The number of fused-ring (bicyclic) bond motifs is 3. The number of nitrogens with zero attached hydrogens (tertiary/aromatic N) is 2. The molecule has 3 aromatic rings. The Morgan fingerprint density at radius 3 is 3.00 bits per heavy atom. The van der Waals surface area contributed by atoms with E-state index in [0.29, 0.717) is 34.1 Å². The summed E-state index contributed by atoms with van der Waals surface area (Å²) < 4.78 is 7.45. The molecule has 1 unspecified atom stereocenters. The van der Waals surface area contributed by atoms with Gasteiger partial charge >= 0.3 is 0 Å². The van der Waals surface area contributed by atoms with Crippen molar-refractivity contribution >= 4 is 22.6 Å². The lowest BCUT2D eigenvalue weighted by Gasteiger charge is -2.12. The SMILES string of the molecule is CC1Cc2c(c3cccnc3n(-c3cccc(Cl)c3)c2=O)O1. The molecule has 0 radical (unpaired) electrons. The Balaban J connectivity index is 2.14. The van der Waals surface area contributed by atoms with Gasteiger partial charge in [-0.1, -0.05) is 17.7 Å². The maximum absolute atomic E-state index is 12.9. The molecule has 1 aromatic carbocycles. The van der Waals surface area contributed by atoms with Gasteiger partial charge in [0.1, 0.15) is 11.9 Å². The first-order valence-corrected chi connectivity index (χ1v) is 7.48. The van der Waals surface area contributed by atoms with Crippen LogP contribution in [-0.4, -0.2) is 15.7 Å². The summed E-state index contributed by atoms with van der Waals surface area (Å²) in [5.74, 6) is 0.666. The number of aromatic nitrogens is 2. The molecule has 4 nitrogen and oxygen atoms in total. The van der Waals surface area contributed by atoms with Crippen LogP contribution in [-0.2, 0) is 6.42 Å². The van der Waals surface area contributed by atoms with Gasteiger partial charge in [-0.05, 0) is 37.3 Å². The predicted octanol–water partition coefficient (Wildman–Crippen LogP) is 3.36. The highest BCUT2D eigenvalue weighted by molar-refractivity contribution is 6.30. The molecule has 0 bridgehead atoms. The molecule has 0 fully saturated rings. The third-order valence-corrected chi connectivity index (χ3v) is 4.09. The second-order valence-corrected chi connectivity index (χ2v) is 5.87. The molecular weight excluding hydrogens is 300 g/mol. The zero-order valence-electron chi connectivity index (χ0n) is 11.9. The van der Waals surface area contributed by atoms with Gasteiger partial charge in [0.05, 0.1) is 16.6 Å². The minimum atomic E-state index is -0.0900. The average molecular weight is 313 g/mol. The van der Waals surface area contributed by atoms with Crippen molar-refractivity contribution in [3.8, 4) is 11.4 Å². The van der Waals surface area contributed by atoms with Gasteiger partial charge in [0.2, 0.25) is 0 Å². The van der Waals surface area contributed by atoms with E-state index in [9.17, 15) is 4.79 Å². The highest BCUT2D eigenvalue weighted by Crippen LogP contribution is 2.34. The zero-order valence-corrected chi connectivity index (χ0v) is 12.7. The topological polar surface area (TPSA) is 44.1 Å². The van der Waals surface area contributed by atoms with Crippen LogP contribution in [0.4, 0.5) is 0 Å². The van der Waals surface area contributed by atoms with Crippen LogP contribution >= 0.6 is 11.6 Å². The third kappa shape index (κ3) is 1.91. The van der Waals surface area contributed by atoms with Crippen LogP contribution in [0.1, 0.15) is 12.5 Å². The second-order valence-electron chi connectivity index (χ2n) is 5.44. The first kappa shape index (κ1) is 13.3. The summed E-state index contributed by atoms with van der Waals surface area (Å²) in [6.45, 7) is 1.96. The van der Waals surface area contributed by atoms with Crippen LogP contribution in [0.25, 0.3) is 16.7 Å². The second kappa shape index (κ2) is 4.85. The van der Waals surface area contributed by atoms with Crippen LogP contribution in [0.5, 0.6) is 5.75 Å². The van der Waals surface area contributed by atoms with Crippen molar-refractivity contribution < 1.29 is 4.74 Å². The first-order valence-electron chi connectivity index (χ1n) is 7.10. The highest BCUT2D eigenvalue weighted by Gasteiger charge is 2.27. The molecule has 0 amide bonds. The van der Waals surface area contributed by atoms with Gasteiger partial charge < -0.3 is 4.74 Å². The zero-order chi connectivity index (χ0) is 15.3. The van der Waals surface area contributed by atoms with Crippen molar-refractivity contribution in [2.24, 2.45) is 0 Å². The van der Waals surface area contributed by atoms with E-state index in [1.54, 1.807) is 22.9 Å². The van der Waals surface area contributed by atoms with E-state index in [-0.39, 0.29) is 11.7 Å². The normalized spacial score (nSPS) is 16.5. The molecule has 0 aliphatic carbocycles. The standard InChI is InChI=1S/C17H13ClN2O2/c1-10-8-14-15(22-10)13-6-3-7-19-16(13)20(17(14)21)12-5-2-4-11(18)9-12/h2-7,9-10H,8H2,1H3. The Kier molecular flexibility index (Phi) is 2.94. The van der Waals surface area contributed by atoms with Crippen molar-refractivity contribution in [1.29, 1.82) is 0 Å². The maximum atomic E-state index is 12.9. The van der Waals surface area contributed by atoms with E-state index in [4.69, 9.17) is 16.3 Å². The molecule has 2 aromatic heterocycles. The predicted molar refractivity (Wildman–Crippen MR) is 86.1 cm³/mol. The Labute approximate surface area is 131 Å². The molecule has 1 atom stereocenters. The summed E-state index contributed by atoms with van der Waals surface area (Å²) in [5.41, 5.74) is 1.91. The fourth-order valence-corrected chi connectivity index (χ4v) is 3.13. The van der Waals surface area contributed by atoms with Crippen molar-refractivity contribution in [3.63, 3.8) is 0 Å². The number of rotatable bonds is 1. The summed E-state index contributed by atoms with van der Waals surface area (Å²) in [4.78, 5) is 17.3. The molecule has 5 heteroatoms. The number of ether oxygens (including phenoxy) is 1. The summed E-state index contributed by atoms with van der Waals surface area (Å²) >= 11 is 6.08.